The third kappa shape index (κ3) is 3.49. The molecule has 0 saturated heterocycles. The summed E-state index contributed by atoms with van der Waals surface area (Å²) >= 11 is 0. The molecule has 0 aliphatic heterocycles. The number of aromatic nitrogens is 2. The third-order valence-electron chi connectivity index (χ3n) is 4.51. The number of nitrogens with two attached hydrogens (primary N) is 1. The Labute approximate surface area is 163 Å². The van der Waals surface area contributed by atoms with Crippen LogP contribution in [0.25, 0.3) is 33.2 Å². The summed E-state index contributed by atoms with van der Waals surface area (Å²) in [5.41, 5.74) is 10.5. The van der Waals surface area contributed by atoms with Gasteiger partial charge in [-0.2, -0.15) is 0 Å². The minimum Gasteiger partial charge on any atom is -0.384 e. The molecule has 0 saturated carbocycles. The molecule has 4 aromatic rings. The Hall–Kier alpha value is -2.98. The first-order valence-electron chi connectivity index (χ1n) is 8.57. The molecule has 0 spiro atoms. The van der Waals surface area contributed by atoms with Crippen molar-refractivity contribution in [1.82, 2.24) is 9.97 Å². The van der Waals surface area contributed by atoms with Gasteiger partial charge < -0.3 is 5.73 Å². The van der Waals surface area contributed by atoms with Gasteiger partial charge in [-0.3, -0.25) is 4.98 Å². The first-order valence-corrected chi connectivity index (χ1v) is 8.57. The number of pyridine rings is 2. The first-order chi connectivity index (χ1) is 12.7. The molecular formula is C22H19ClFN3. The lowest BCUT2D eigenvalue weighted by molar-refractivity contribution is 0.632. The summed E-state index contributed by atoms with van der Waals surface area (Å²) < 4.78 is 14.7. The van der Waals surface area contributed by atoms with Crippen LogP contribution >= 0.6 is 12.4 Å². The van der Waals surface area contributed by atoms with E-state index in [0.717, 1.165) is 27.8 Å². The highest BCUT2D eigenvalue weighted by Crippen LogP contribution is 2.34. The highest BCUT2D eigenvalue weighted by molar-refractivity contribution is 5.96. The second-order valence-corrected chi connectivity index (χ2v) is 6.17. The van der Waals surface area contributed by atoms with Crippen molar-refractivity contribution in [3.63, 3.8) is 0 Å². The zero-order chi connectivity index (χ0) is 18.1. The molecule has 27 heavy (non-hydrogen) atoms. The van der Waals surface area contributed by atoms with Gasteiger partial charge in [-0.15, -0.1) is 12.4 Å². The lowest BCUT2D eigenvalue weighted by Gasteiger charge is -2.12. The predicted molar refractivity (Wildman–Crippen MR) is 111 cm³/mol. The topological polar surface area (TPSA) is 51.8 Å². The van der Waals surface area contributed by atoms with E-state index in [1.54, 1.807) is 18.3 Å². The molecule has 0 bridgehead atoms. The lowest BCUT2D eigenvalue weighted by Crippen LogP contribution is -2.00. The lowest BCUT2D eigenvalue weighted by atomic mass is 9.97. The van der Waals surface area contributed by atoms with Crippen molar-refractivity contribution in [2.75, 3.05) is 5.73 Å². The van der Waals surface area contributed by atoms with Gasteiger partial charge in [-0.25, -0.2) is 9.37 Å². The molecule has 3 nitrogen and oxygen atoms in total. The largest absolute Gasteiger partial charge is 0.384 e. The predicted octanol–water partition coefficient (Wildman–Crippen LogP) is 5.67. The summed E-state index contributed by atoms with van der Waals surface area (Å²) in [4.78, 5) is 8.96. The summed E-state index contributed by atoms with van der Waals surface area (Å²) in [5, 5.41) is 0.890. The van der Waals surface area contributed by atoms with Crippen LogP contribution in [0.2, 0.25) is 0 Å². The first kappa shape index (κ1) is 18.8. The van der Waals surface area contributed by atoms with Crippen LogP contribution in [-0.2, 0) is 6.42 Å². The number of aryl methyl sites for hydroxylation is 1. The van der Waals surface area contributed by atoms with Crippen LogP contribution in [0, 0.1) is 5.82 Å². The molecule has 0 atom stereocenters. The molecule has 0 fully saturated rings. The van der Waals surface area contributed by atoms with E-state index >= 15 is 0 Å². The van der Waals surface area contributed by atoms with Crippen molar-refractivity contribution in [2.24, 2.45) is 0 Å². The van der Waals surface area contributed by atoms with Gasteiger partial charge in [0.1, 0.15) is 11.6 Å². The highest BCUT2D eigenvalue weighted by atomic mass is 35.5. The molecular weight excluding hydrogens is 361 g/mol. The van der Waals surface area contributed by atoms with Gasteiger partial charge in [0.2, 0.25) is 0 Å². The van der Waals surface area contributed by atoms with E-state index in [0.29, 0.717) is 23.3 Å². The number of benzene rings is 2. The van der Waals surface area contributed by atoms with Gasteiger partial charge in [0.25, 0.3) is 0 Å². The summed E-state index contributed by atoms with van der Waals surface area (Å²) in [6.45, 7) is 1.98. The summed E-state index contributed by atoms with van der Waals surface area (Å²) in [7, 11) is 0. The van der Waals surface area contributed by atoms with Crippen molar-refractivity contribution in [1.29, 1.82) is 0 Å². The number of fused-ring (bicyclic) bond motifs is 1. The van der Waals surface area contributed by atoms with Crippen LogP contribution in [0.1, 0.15) is 12.6 Å². The number of halogens is 2. The Bertz CT molecular complexity index is 1100. The van der Waals surface area contributed by atoms with E-state index in [1.807, 2.05) is 49.4 Å². The molecule has 2 aromatic heterocycles. The van der Waals surface area contributed by atoms with Crippen molar-refractivity contribution >= 4 is 29.1 Å². The number of nitrogen functional groups attached to an aromatic ring is 1. The molecule has 2 N–H and O–H groups in total. The third-order valence-corrected chi connectivity index (χ3v) is 4.51. The fourth-order valence-electron chi connectivity index (χ4n) is 3.24. The maximum absolute atomic E-state index is 14.7. The van der Waals surface area contributed by atoms with E-state index < -0.39 is 0 Å². The fourth-order valence-corrected chi connectivity index (χ4v) is 3.24. The highest BCUT2D eigenvalue weighted by Gasteiger charge is 2.16. The summed E-state index contributed by atoms with van der Waals surface area (Å²) in [5.74, 6) is 0.129. The molecule has 0 aliphatic rings. The van der Waals surface area contributed by atoms with Crippen LogP contribution in [-0.4, -0.2) is 9.97 Å². The zero-order valence-electron chi connectivity index (χ0n) is 14.8. The minimum atomic E-state index is -0.307. The maximum Gasteiger partial charge on any atom is 0.133 e. The van der Waals surface area contributed by atoms with Gasteiger partial charge in [0, 0.05) is 28.3 Å². The normalized spacial score (nSPS) is 10.6. The molecule has 136 valence electrons. The second kappa shape index (κ2) is 7.72. The van der Waals surface area contributed by atoms with E-state index in [-0.39, 0.29) is 18.2 Å². The standard InChI is InChI=1S/C22H18FN3.ClH/c1-2-19-17(9-11-20(24)26-19)21-18(23)10-8-15-12-16(13-25-22(15)21)14-6-4-3-5-7-14;/h3-13H,2H2,1H3,(H2,24,26);1H. The molecule has 0 amide bonds. The molecule has 0 aliphatic carbocycles. The van der Waals surface area contributed by atoms with Crippen LogP contribution < -0.4 is 5.73 Å². The number of nitrogens with zero attached hydrogens (tertiary/aromatic N) is 2. The van der Waals surface area contributed by atoms with Crippen molar-refractivity contribution < 1.29 is 4.39 Å². The van der Waals surface area contributed by atoms with Crippen LogP contribution in [0.3, 0.4) is 0 Å². The number of hydrogen-bond acceptors (Lipinski definition) is 3. The molecule has 0 radical (unpaired) electrons. The number of rotatable bonds is 3. The monoisotopic (exact) mass is 379 g/mol. The SMILES string of the molecule is CCc1nc(N)ccc1-c1c(F)ccc2cc(-c3ccccc3)cnc12.Cl. The summed E-state index contributed by atoms with van der Waals surface area (Å²) in [6, 6.07) is 18.8. The maximum atomic E-state index is 14.7. The molecule has 2 aromatic carbocycles. The zero-order valence-corrected chi connectivity index (χ0v) is 15.6. The second-order valence-electron chi connectivity index (χ2n) is 6.17. The molecule has 2 heterocycles. The minimum absolute atomic E-state index is 0. The van der Waals surface area contributed by atoms with Gasteiger partial charge in [0.15, 0.2) is 0 Å². The van der Waals surface area contributed by atoms with Crippen molar-refractivity contribution in [3.05, 3.63) is 78.4 Å². The van der Waals surface area contributed by atoms with Crippen LogP contribution in [0.4, 0.5) is 10.2 Å². The van der Waals surface area contributed by atoms with Crippen LogP contribution in [0.5, 0.6) is 0 Å². The molecule has 0 unspecified atom stereocenters. The average molecular weight is 380 g/mol. The summed E-state index contributed by atoms with van der Waals surface area (Å²) in [6.07, 6.45) is 2.45. The Kier molecular flexibility index (Phi) is 5.38. The quantitative estimate of drug-likeness (QED) is 0.499. The average Bonchev–Trinajstić information content (AvgIpc) is 2.68. The van der Waals surface area contributed by atoms with Gasteiger partial charge >= 0.3 is 0 Å². The Morgan fingerprint density at radius 3 is 2.48 bits per heavy atom. The van der Waals surface area contributed by atoms with Crippen LogP contribution in [0.15, 0.2) is 66.9 Å². The Morgan fingerprint density at radius 1 is 0.963 bits per heavy atom. The smallest absolute Gasteiger partial charge is 0.133 e. The van der Waals surface area contributed by atoms with Crippen molar-refractivity contribution in [3.8, 4) is 22.3 Å². The van der Waals surface area contributed by atoms with E-state index in [2.05, 4.69) is 9.97 Å². The molecule has 4 rings (SSSR count). The Morgan fingerprint density at radius 2 is 1.74 bits per heavy atom. The molecule has 5 heteroatoms. The van der Waals surface area contributed by atoms with E-state index in [1.165, 1.54) is 6.07 Å². The van der Waals surface area contributed by atoms with Gasteiger partial charge in [-0.05, 0) is 42.3 Å². The van der Waals surface area contributed by atoms with E-state index in [9.17, 15) is 4.39 Å². The number of hydrogen-bond donors (Lipinski definition) is 1. The van der Waals surface area contributed by atoms with Gasteiger partial charge in [-0.1, -0.05) is 37.3 Å². The van der Waals surface area contributed by atoms with Gasteiger partial charge in [0.05, 0.1) is 11.2 Å². The number of anilines is 1. The Balaban J connectivity index is 0.00000210. The van der Waals surface area contributed by atoms with E-state index in [4.69, 9.17) is 5.73 Å². The van der Waals surface area contributed by atoms with Crippen molar-refractivity contribution in [2.45, 2.75) is 13.3 Å². The fraction of sp³-hybridized carbons (Fsp3) is 0.0909.